The van der Waals surface area contributed by atoms with Gasteiger partial charge in [-0.3, -0.25) is 4.79 Å². The molecule has 0 saturated carbocycles. The van der Waals surface area contributed by atoms with Crippen molar-refractivity contribution in [3.8, 4) is 0 Å². The van der Waals surface area contributed by atoms with E-state index in [9.17, 15) is 17.6 Å². The van der Waals surface area contributed by atoms with Gasteiger partial charge in [0.2, 0.25) is 15.9 Å². The van der Waals surface area contributed by atoms with E-state index < -0.39 is 15.8 Å². The first-order chi connectivity index (χ1) is 13.8. The van der Waals surface area contributed by atoms with Gasteiger partial charge in [-0.05, 0) is 42.8 Å². The quantitative estimate of drug-likeness (QED) is 0.751. The van der Waals surface area contributed by atoms with Crippen LogP contribution in [-0.4, -0.2) is 56.3 Å². The Bertz CT molecular complexity index is 961. The van der Waals surface area contributed by atoms with Crippen LogP contribution in [-0.2, 0) is 14.8 Å². The van der Waals surface area contributed by atoms with Gasteiger partial charge in [-0.1, -0.05) is 29.8 Å². The van der Waals surface area contributed by atoms with E-state index in [2.05, 4.69) is 5.32 Å². The molecule has 1 aliphatic heterocycles. The zero-order valence-corrected chi connectivity index (χ0v) is 17.6. The van der Waals surface area contributed by atoms with E-state index >= 15 is 0 Å². The summed E-state index contributed by atoms with van der Waals surface area (Å²) in [5.41, 5.74) is 0.914. The number of halogens is 2. The summed E-state index contributed by atoms with van der Waals surface area (Å²) in [5.74, 6) is -0.583. The van der Waals surface area contributed by atoms with E-state index in [0.717, 1.165) is 17.7 Å². The van der Waals surface area contributed by atoms with Crippen LogP contribution in [0.3, 0.4) is 0 Å². The first-order valence-electron chi connectivity index (χ1n) is 9.30. The van der Waals surface area contributed by atoms with Crippen LogP contribution in [0.5, 0.6) is 0 Å². The number of carbonyl (C=O) groups excluding carboxylic acids is 1. The molecule has 0 radical (unpaired) electrons. The van der Waals surface area contributed by atoms with Crippen LogP contribution in [0, 0.1) is 5.82 Å². The molecule has 0 bridgehead atoms. The first-order valence-corrected chi connectivity index (χ1v) is 11.1. The summed E-state index contributed by atoms with van der Waals surface area (Å²) >= 11 is 6.18. The van der Waals surface area contributed by atoms with Gasteiger partial charge in [-0.2, -0.15) is 4.31 Å². The van der Waals surface area contributed by atoms with Gasteiger partial charge in [-0.15, -0.1) is 0 Å². The van der Waals surface area contributed by atoms with Crippen molar-refractivity contribution in [2.45, 2.75) is 17.9 Å². The van der Waals surface area contributed by atoms with Crippen molar-refractivity contribution >= 4 is 27.5 Å². The number of hydrogen-bond donors (Lipinski definition) is 1. The van der Waals surface area contributed by atoms with Crippen molar-refractivity contribution in [2.24, 2.45) is 0 Å². The van der Waals surface area contributed by atoms with E-state index in [4.69, 9.17) is 11.6 Å². The van der Waals surface area contributed by atoms with E-state index in [1.165, 1.54) is 16.4 Å². The number of piperazine rings is 1. The van der Waals surface area contributed by atoms with Gasteiger partial charge in [0, 0.05) is 37.2 Å². The highest BCUT2D eigenvalue weighted by molar-refractivity contribution is 7.89. The molecular weight excluding hydrogens is 417 g/mol. The maximum atomic E-state index is 13.1. The fourth-order valence-corrected chi connectivity index (χ4v) is 4.94. The molecule has 156 valence electrons. The maximum absolute atomic E-state index is 13.1. The fraction of sp³-hybridized carbons (Fsp3) is 0.350. The molecule has 9 heteroatoms. The summed E-state index contributed by atoms with van der Waals surface area (Å²) in [6.07, 6.45) is 0. The Morgan fingerprint density at radius 2 is 1.72 bits per heavy atom. The molecule has 0 unspecified atom stereocenters. The smallest absolute Gasteiger partial charge is 0.243 e. The molecule has 0 aromatic heterocycles. The SMILES string of the molecule is C[C@H](NCC(=O)N1CCN(S(=O)(=O)c2ccc(F)cc2)CC1)c1ccccc1Cl. The average molecular weight is 440 g/mol. The number of benzene rings is 2. The zero-order chi connectivity index (χ0) is 21.0. The van der Waals surface area contributed by atoms with Crippen LogP contribution in [0.25, 0.3) is 0 Å². The van der Waals surface area contributed by atoms with Gasteiger partial charge in [0.1, 0.15) is 5.82 Å². The second-order valence-corrected chi connectivity index (χ2v) is 9.21. The molecule has 1 atom stereocenters. The van der Waals surface area contributed by atoms with Crippen molar-refractivity contribution in [3.63, 3.8) is 0 Å². The molecular formula is C20H23ClFN3O3S. The number of carbonyl (C=O) groups is 1. The number of nitrogens with zero attached hydrogens (tertiary/aromatic N) is 2. The first kappa shape index (κ1) is 21.7. The lowest BCUT2D eigenvalue weighted by atomic mass is 10.1. The minimum atomic E-state index is -3.70. The Morgan fingerprint density at radius 1 is 1.10 bits per heavy atom. The highest BCUT2D eigenvalue weighted by Crippen LogP contribution is 2.22. The second-order valence-electron chi connectivity index (χ2n) is 6.86. The summed E-state index contributed by atoms with van der Waals surface area (Å²) in [7, 11) is -3.70. The number of rotatable bonds is 6. The summed E-state index contributed by atoms with van der Waals surface area (Å²) in [6.45, 7) is 3.08. The Labute approximate surface area is 175 Å². The van der Waals surface area contributed by atoms with Gasteiger partial charge in [0.15, 0.2) is 0 Å². The third kappa shape index (κ3) is 5.14. The van der Waals surface area contributed by atoms with E-state index in [1.54, 1.807) is 11.0 Å². The van der Waals surface area contributed by atoms with Crippen molar-refractivity contribution < 1.29 is 17.6 Å². The molecule has 3 rings (SSSR count). The van der Waals surface area contributed by atoms with E-state index in [-0.39, 0.29) is 36.5 Å². The Hall–Kier alpha value is -2.00. The predicted molar refractivity (Wildman–Crippen MR) is 110 cm³/mol. The summed E-state index contributed by atoms with van der Waals surface area (Å²) in [6, 6.07) is 12.1. The fourth-order valence-electron chi connectivity index (χ4n) is 3.22. The van der Waals surface area contributed by atoms with Gasteiger partial charge < -0.3 is 10.2 Å². The van der Waals surface area contributed by atoms with Crippen LogP contribution >= 0.6 is 11.6 Å². The van der Waals surface area contributed by atoms with Crippen molar-refractivity contribution in [1.82, 2.24) is 14.5 Å². The largest absolute Gasteiger partial charge is 0.339 e. The van der Waals surface area contributed by atoms with Gasteiger partial charge in [-0.25, -0.2) is 12.8 Å². The predicted octanol–water partition coefficient (Wildman–Crippen LogP) is 2.66. The Morgan fingerprint density at radius 3 is 2.34 bits per heavy atom. The van der Waals surface area contributed by atoms with Gasteiger partial charge in [0.05, 0.1) is 11.4 Å². The molecule has 1 N–H and O–H groups in total. The number of nitrogens with one attached hydrogen (secondary N) is 1. The van der Waals surface area contributed by atoms with Crippen molar-refractivity contribution in [2.75, 3.05) is 32.7 Å². The standard InChI is InChI=1S/C20H23ClFN3O3S/c1-15(18-4-2-3-5-19(18)21)23-14-20(26)24-10-12-25(13-11-24)29(27,28)17-8-6-16(22)7-9-17/h2-9,15,23H,10-14H2,1H3/t15-/m0/s1. The molecule has 0 aliphatic carbocycles. The van der Waals surface area contributed by atoms with Crippen molar-refractivity contribution in [3.05, 3.63) is 64.9 Å². The molecule has 1 amide bonds. The second kappa shape index (κ2) is 9.21. The highest BCUT2D eigenvalue weighted by atomic mass is 35.5. The molecule has 1 heterocycles. The van der Waals surface area contributed by atoms with Crippen LogP contribution in [0.1, 0.15) is 18.5 Å². The highest BCUT2D eigenvalue weighted by Gasteiger charge is 2.30. The molecule has 2 aromatic carbocycles. The van der Waals surface area contributed by atoms with E-state index in [0.29, 0.717) is 18.1 Å². The van der Waals surface area contributed by atoms with Crippen LogP contribution in [0.4, 0.5) is 4.39 Å². The number of sulfonamides is 1. The molecule has 1 aliphatic rings. The monoisotopic (exact) mass is 439 g/mol. The molecule has 2 aromatic rings. The van der Waals surface area contributed by atoms with Gasteiger partial charge >= 0.3 is 0 Å². The minimum Gasteiger partial charge on any atom is -0.339 e. The third-order valence-electron chi connectivity index (χ3n) is 4.97. The molecule has 0 spiro atoms. The summed E-state index contributed by atoms with van der Waals surface area (Å²) in [4.78, 5) is 14.2. The number of amides is 1. The third-order valence-corrected chi connectivity index (χ3v) is 7.23. The minimum absolute atomic E-state index is 0.0499. The lowest BCUT2D eigenvalue weighted by molar-refractivity contribution is -0.131. The number of hydrogen-bond acceptors (Lipinski definition) is 4. The summed E-state index contributed by atoms with van der Waals surface area (Å²) in [5, 5.41) is 3.80. The Balaban J connectivity index is 1.53. The summed E-state index contributed by atoms with van der Waals surface area (Å²) < 4.78 is 39.7. The molecule has 1 saturated heterocycles. The molecule has 29 heavy (non-hydrogen) atoms. The Kier molecular flexibility index (Phi) is 6.89. The van der Waals surface area contributed by atoms with E-state index in [1.807, 2.05) is 25.1 Å². The van der Waals surface area contributed by atoms with Crippen LogP contribution in [0.2, 0.25) is 5.02 Å². The molecule has 1 fully saturated rings. The van der Waals surface area contributed by atoms with Crippen molar-refractivity contribution in [1.29, 1.82) is 0 Å². The van der Waals surface area contributed by atoms with Crippen LogP contribution in [0.15, 0.2) is 53.4 Å². The maximum Gasteiger partial charge on any atom is 0.243 e. The zero-order valence-electron chi connectivity index (χ0n) is 16.0. The van der Waals surface area contributed by atoms with Crippen LogP contribution < -0.4 is 5.32 Å². The normalized spacial score (nSPS) is 16.6. The molecule has 6 nitrogen and oxygen atoms in total. The lowest BCUT2D eigenvalue weighted by Crippen LogP contribution is -2.52. The van der Waals surface area contributed by atoms with Gasteiger partial charge in [0.25, 0.3) is 0 Å². The topological polar surface area (TPSA) is 69.7 Å². The lowest BCUT2D eigenvalue weighted by Gasteiger charge is -2.34. The average Bonchev–Trinajstić information content (AvgIpc) is 2.72.